The van der Waals surface area contributed by atoms with Crippen molar-refractivity contribution in [2.24, 2.45) is 0 Å². The Balaban J connectivity index is 1.38. The fourth-order valence-corrected chi connectivity index (χ4v) is 4.06. The summed E-state index contributed by atoms with van der Waals surface area (Å²) in [5.41, 5.74) is 2.62. The van der Waals surface area contributed by atoms with Crippen LogP contribution in [-0.4, -0.2) is 51.3 Å². The molecule has 0 saturated carbocycles. The number of hydrogen-bond donors (Lipinski definition) is 1. The van der Waals surface area contributed by atoms with E-state index in [1.807, 2.05) is 53.1 Å². The van der Waals surface area contributed by atoms with Gasteiger partial charge in [0.1, 0.15) is 0 Å². The van der Waals surface area contributed by atoms with Gasteiger partial charge in [0.05, 0.1) is 18.6 Å². The number of nitrogens with zero attached hydrogens (tertiary/aromatic N) is 4. The van der Waals surface area contributed by atoms with Gasteiger partial charge >= 0.3 is 0 Å². The molecule has 0 fully saturated rings. The molecule has 0 bridgehead atoms. The number of benzene rings is 2. The Morgan fingerprint density at radius 1 is 0.971 bits per heavy atom. The Bertz CT molecular complexity index is 1240. The Labute approximate surface area is 202 Å². The van der Waals surface area contributed by atoms with Gasteiger partial charge in [-0.25, -0.2) is 0 Å². The van der Waals surface area contributed by atoms with Crippen LogP contribution in [0, 0.1) is 0 Å². The van der Waals surface area contributed by atoms with Crippen molar-refractivity contribution in [3.05, 3.63) is 89.7 Å². The summed E-state index contributed by atoms with van der Waals surface area (Å²) in [6, 6.07) is 20.9. The highest BCUT2D eigenvalue weighted by molar-refractivity contribution is 7.99. The molecular weight excluding hydrogens is 450 g/mol. The standard InChI is InChI=1S/C25H25N5O3S/c1-29(2)24(32)20-12-10-18(11-13-20)15-26-22(31)17-34-25-28-27-23(21-9-6-14-33-21)30(25)16-19-7-4-3-5-8-19/h3-14H,15-17H2,1-2H3,(H,26,31). The third-order valence-electron chi connectivity index (χ3n) is 5.07. The maximum Gasteiger partial charge on any atom is 0.253 e. The summed E-state index contributed by atoms with van der Waals surface area (Å²) in [5.74, 6) is 1.26. The van der Waals surface area contributed by atoms with Crippen LogP contribution in [0.5, 0.6) is 0 Å². The maximum absolute atomic E-state index is 12.5. The number of carbonyl (C=O) groups is 2. The minimum atomic E-state index is -0.118. The van der Waals surface area contributed by atoms with Crippen molar-refractivity contribution >= 4 is 23.6 Å². The predicted molar refractivity (Wildman–Crippen MR) is 130 cm³/mol. The average Bonchev–Trinajstić information content (AvgIpc) is 3.52. The van der Waals surface area contributed by atoms with Crippen LogP contribution in [0.4, 0.5) is 0 Å². The number of furan rings is 1. The summed E-state index contributed by atoms with van der Waals surface area (Å²) in [6.45, 7) is 0.940. The average molecular weight is 476 g/mol. The molecule has 174 valence electrons. The fraction of sp³-hybridized carbons (Fsp3) is 0.200. The third-order valence-corrected chi connectivity index (χ3v) is 6.04. The zero-order valence-corrected chi connectivity index (χ0v) is 19.8. The number of amides is 2. The molecule has 0 unspecified atom stereocenters. The first-order valence-electron chi connectivity index (χ1n) is 10.7. The lowest BCUT2D eigenvalue weighted by Gasteiger charge is -2.11. The first-order valence-corrected chi connectivity index (χ1v) is 11.7. The number of nitrogens with one attached hydrogen (secondary N) is 1. The van der Waals surface area contributed by atoms with Crippen molar-refractivity contribution in [2.75, 3.05) is 19.8 Å². The van der Waals surface area contributed by atoms with Crippen molar-refractivity contribution in [2.45, 2.75) is 18.2 Å². The van der Waals surface area contributed by atoms with Crippen LogP contribution in [0.25, 0.3) is 11.6 Å². The van der Waals surface area contributed by atoms with Crippen LogP contribution in [0.2, 0.25) is 0 Å². The number of carbonyl (C=O) groups excluding carboxylic acids is 2. The molecule has 0 aliphatic rings. The number of rotatable bonds is 9. The van der Waals surface area contributed by atoms with Gasteiger partial charge in [-0.1, -0.05) is 54.2 Å². The normalized spacial score (nSPS) is 10.8. The van der Waals surface area contributed by atoms with Gasteiger partial charge in [0, 0.05) is 26.2 Å². The molecule has 0 saturated heterocycles. The summed E-state index contributed by atoms with van der Waals surface area (Å²) in [5, 5.41) is 12.1. The van der Waals surface area contributed by atoms with Crippen LogP contribution < -0.4 is 5.32 Å². The molecule has 0 radical (unpaired) electrons. The van der Waals surface area contributed by atoms with Crippen molar-refractivity contribution in [1.82, 2.24) is 25.0 Å². The molecule has 0 spiro atoms. The van der Waals surface area contributed by atoms with Gasteiger partial charge in [0.2, 0.25) is 11.7 Å². The molecule has 9 heteroatoms. The van der Waals surface area contributed by atoms with Crippen molar-refractivity contribution in [3.8, 4) is 11.6 Å². The quantitative estimate of drug-likeness (QED) is 0.371. The lowest BCUT2D eigenvalue weighted by molar-refractivity contribution is -0.118. The van der Waals surface area contributed by atoms with Crippen molar-refractivity contribution in [1.29, 1.82) is 0 Å². The monoisotopic (exact) mass is 475 g/mol. The fourth-order valence-electron chi connectivity index (χ4n) is 3.30. The van der Waals surface area contributed by atoms with Crippen LogP contribution in [0.15, 0.2) is 82.6 Å². The predicted octanol–water partition coefficient (Wildman–Crippen LogP) is 3.70. The summed E-state index contributed by atoms with van der Waals surface area (Å²) in [4.78, 5) is 26.0. The Morgan fingerprint density at radius 3 is 2.41 bits per heavy atom. The maximum atomic E-state index is 12.5. The van der Waals surface area contributed by atoms with E-state index in [1.165, 1.54) is 16.7 Å². The summed E-state index contributed by atoms with van der Waals surface area (Å²) in [6.07, 6.45) is 1.60. The minimum Gasteiger partial charge on any atom is -0.461 e. The summed E-state index contributed by atoms with van der Waals surface area (Å²) >= 11 is 1.32. The minimum absolute atomic E-state index is 0.0551. The lowest BCUT2D eigenvalue weighted by Crippen LogP contribution is -2.25. The molecule has 2 aromatic carbocycles. The van der Waals surface area contributed by atoms with E-state index in [4.69, 9.17) is 4.42 Å². The van der Waals surface area contributed by atoms with E-state index >= 15 is 0 Å². The molecule has 2 aromatic heterocycles. The SMILES string of the molecule is CN(C)C(=O)c1ccc(CNC(=O)CSc2nnc(-c3ccco3)n2Cc2ccccc2)cc1. The highest BCUT2D eigenvalue weighted by atomic mass is 32.2. The van der Waals surface area contributed by atoms with Gasteiger partial charge in [-0.15, -0.1) is 10.2 Å². The van der Waals surface area contributed by atoms with E-state index in [-0.39, 0.29) is 17.6 Å². The second kappa shape index (κ2) is 10.8. The Hall–Kier alpha value is -3.85. The molecule has 4 aromatic rings. The topological polar surface area (TPSA) is 93.3 Å². The molecule has 8 nitrogen and oxygen atoms in total. The number of thioether (sulfide) groups is 1. The zero-order valence-electron chi connectivity index (χ0n) is 19.0. The smallest absolute Gasteiger partial charge is 0.253 e. The van der Waals surface area contributed by atoms with E-state index < -0.39 is 0 Å². The van der Waals surface area contributed by atoms with Crippen molar-refractivity contribution in [3.63, 3.8) is 0 Å². The lowest BCUT2D eigenvalue weighted by atomic mass is 10.1. The van der Waals surface area contributed by atoms with Crippen LogP contribution in [0.3, 0.4) is 0 Å². The van der Waals surface area contributed by atoms with E-state index in [2.05, 4.69) is 15.5 Å². The highest BCUT2D eigenvalue weighted by Crippen LogP contribution is 2.25. The Morgan fingerprint density at radius 2 is 1.74 bits per heavy atom. The molecule has 2 amide bonds. The molecule has 0 atom stereocenters. The number of hydrogen-bond acceptors (Lipinski definition) is 6. The molecule has 4 rings (SSSR count). The highest BCUT2D eigenvalue weighted by Gasteiger charge is 2.18. The van der Waals surface area contributed by atoms with E-state index in [0.29, 0.717) is 35.4 Å². The van der Waals surface area contributed by atoms with E-state index in [0.717, 1.165) is 11.1 Å². The Kier molecular flexibility index (Phi) is 7.44. The van der Waals surface area contributed by atoms with Crippen LogP contribution in [-0.2, 0) is 17.9 Å². The van der Waals surface area contributed by atoms with Crippen LogP contribution in [0.1, 0.15) is 21.5 Å². The van der Waals surface area contributed by atoms with Crippen LogP contribution >= 0.6 is 11.8 Å². The van der Waals surface area contributed by atoms with Gasteiger partial charge in [-0.2, -0.15) is 0 Å². The number of aromatic nitrogens is 3. The van der Waals surface area contributed by atoms with Gasteiger partial charge in [0.25, 0.3) is 5.91 Å². The van der Waals surface area contributed by atoms with Gasteiger partial charge in [0.15, 0.2) is 10.9 Å². The molecule has 34 heavy (non-hydrogen) atoms. The molecule has 0 aliphatic carbocycles. The van der Waals surface area contributed by atoms with Crippen molar-refractivity contribution < 1.29 is 14.0 Å². The zero-order chi connectivity index (χ0) is 23.9. The second-order valence-electron chi connectivity index (χ2n) is 7.82. The molecule has 1 N–H and O–H groups in total. The largest absolute Gasteiger partial charge is 0.461 e. The van der Waals surface area contributed by atoms with Gasteiger partial charge < -0.3 is 14.6 Å². The summed E-state index contributed by atoms with van der Waals surface area (Å²) < 4.78 is 7.48. The first kappa shape index (κ1) is 23.3. The molecule has 0 aliphatic heterocycles. The van der Waals surface area contributed by atoms with E-state index in [1.54, 1.807) is 38.6 Å². The third kappa shape index (κ3) is 5.74. The first-order chi connectivity index (χ1) is 16.5. The molecule has 2 heterocycles. The second-order valence-corrected chi connectivity index (χ2v) is 8.76. The summed E-state index contributed by atoms with van der Waals surface area (Å²) in [7, 11) is 3.43. The van der Waals surface area contributed by atoms with Gasteiger partial charge in [-0.05, 0) is 35.4 Å². The van der Waals surface area contributed by atoms with E-state index in [9.17, 15) is 9.59 Å². The molecular formula is C25H25N5O3S. The van der Waals surface area contributed by atoms with Gasteiger partial charge in [-0.3, -0.25) is 14.2 Å².